The fraction of sp³-hybridized carbons (Fsp3) is 0.350. The number of alkyl halides is 3. The Hall–Kier alpha value is -2.77. The SMILES string of the molecule is COc1ccccc1C1CCN(C(=O)Nc2c(F)cccc2C(F)(F)F)CC1. The van der Waals surface area contributed by atoms with Crippen LogP contribution in [0.3, 0.4) is 0 Å². The smallest absolute Gasteiger partial charge is 0.418 e. The molecular formula is C20H20F4N2O2. The number of rotatable bonds is 3. The zero-order valence-corrected chi connectivity index (χ0v) is 15.2. The van der Waals surface area contributed by atoms with Crippen molar-refractivity contribution >= 4 is 11.7 Å². The number of piperidine rings is 1. The van der Waals surface area contributed by atoms with Crippen LogP contribution < -0.4 is 10.1 Å². The van der Waals surface area contributed by atoms with Gasteiger partial charge >= 0.3 is 12.2 Å². The third-order valence-corrected chi connectivity index (χ3v) is 4.91. The zero-order chi connectivity index (χ0) is 20.3. The Morgan fingerprint density at radius 2 is 1.79 bits per heavy atom. The van der Waals surface area contributed by atoms with Gasteiger partial charge in [0.15, 0.2) is 0 Å². The Labute approximate surface area is 160 Å². The van der Waals surface area contributed by atoms with Gasteiger partial charge in [-0.25, -0.2) is 9.18 Å². The molecule has 3 rings (SSSR count). The molecule has 0 spiro atoms. The molecule has 2 aromatic rings. The van der Waals surface area contributed by atoms with Crippen LogP contribution >= 0.6 is 0 Å². The number of nitrogens with zero attached hydrogens (tertiary/aromatic N) is 1. The van der Waals surface area contributed by atoms with Gasteiger partial charge in [-0.2, -0.15) is 13.2 Å². The lowest BCUT2D eigenvalue weighted by molar-refractivity contribution is -0.137. The van der Waals surface area contributed by atoms with Crippen LogP contribution in [0.1, 0.15) is 29.9 Å². The standard InChI is InChI=1S/C20H20F4N2O2/c1-28-17-8-3-2-5-14(17)13-9-11-26(12-10-13)19(27)25-18-15(20(22,23)24)6-4-7-16(18)21/h2-8,13H,9-12H2,1H3,(H,25,27). The highest BCUT2D eigenvalue weighted by Crippen LogP contribution is 2.37. The van der Waals surface area contributed by atoms with E-state index in [1.807, 2.05) is 24.3 Å². The van der Waals surface area contributed by atoms with E-state index in [1.54, 1.807) is 7.11 Å². The summed E-state index contributed by atoms with van der Waals surface area (Å²) in [5, 5.41) is 2.10. The normalized spacial score (nSPS) is 15.4. The number of likely N-dealkylation sites (tertiary alicyclic amines) is 1. The van der Waals surface area contributed by atoms with Gasteiger partial charge in [0.2, 0.25) is 0 Å². The Morgan fingerprint density at radius 3 is 2.43 bits per heavy atom. The summed E-state index contributed by atoms with van der Waals surface area (Å²) in [6.45, 7) is 0.703. The van der Waals surface area contributed by atoms with Gasteiger partial charge in [-0.1, -0.05) is 24.3 Å². The van der Waals surface area contributed by atoms with Gasteiger partial charge in [-0.05, 0) is 42.5 Å². The number of nitrogens with one attached hydrogen (secondary N) is 1. The molecular weight excluding hydrogens is 376 g/mol. The average molecular weight is 396 g/mol. The van der Waals surface area contributed by atoms with Crippen LogP contribution in [0.15, 0.2) is 42.5 Å². The van der Waals surface area contributed by atoms with Gasteiger partial charge in [-0.15, -0.1) is 0 Å². The van der Waals surface area contributed by atoms with E-state index in [4.69, 9.17) is 4.74 Å². The summed E-state index contributed by atoms with van der Waals surface area (Å²) >= 11 is 0. The van der Waals surface area contributed by atoms with Gasteiger partial charge in [0.1, 0.15) is 11.6 Å². The Bertz CT molecular complexity index is 846. The lowest BCUT2D eigenvalue weighted by Gasteiger charge is -2.33. The van der Waals surface area contributed by atoms with Crippen LogP contribution in [0.4, 0.5) is 28.0 Å². The molecule has 2 amide bonds. The highest BCUT2D eigenvalue weighted by molar-refractivity contribution is 5.90. The lowest BCUT2D eigenvalue weighted by Crippen LogP contribution is -2.41. The highest BCUT2D eigenvalue weighted by Gasteiger charge is 2.36. The van der Waals surface area contributed by atoms with Crippen LogP contribution in [-0.4, -0.2) is 31.1 Å². The second-order valence-electron chi connectivity index (χ2n) is 6.59. The zero-order valence-electron chi connectivity index (χ0n) is 15.2. The molecule has 8 heteroatoms. The van der Waals surface area contributed by atoms with Crippen molar-refractivity contribution in [3.63, 3.8) is 0 Å². The molecule has 1 fully saturated rings. The number of hydrogen-bond donors (Lipinski definition) is 1. The summed E-state index contributed by atoms with van der Waals surface area (Å²) in [6.07, 6.45) is -3.49. The molecule has 28 heavy (non-hydrogen) atoms. The third-order valence-electron chi connectivity index (χ3n) is 4.91. The van der Waals surface area contributed by atoms with E-state index < -0.39 is 29.3 Å². The molecule has 0 bridgehead atoms. The number of hydrogen-bond acceptors (Lipinski definition) is 2. The molecule has 0 unspecified atom stereocenters. The number of ether oxygens (including phenoxy) is 1. The van der Waals surface area contributed by atoms with Gasteiger partial charge < -0.3 is 15.0 Å². The number of methoxy groups -OCH3 is 1. The molecule has 2 aromatic carbocycles. The van der Waals surface area contributed by atoms with E-state index >= 15 is 0 Å². The summed E-state index contributed by atoms with van der Waals surface area (Å²) in [5.41, 5.74) is -1.00. The summed E-state index contributed by atoms with van der Waals surface area (Å²) in [7, 11) is 1.59. The van der Waals surface area contributed by atoms with Crippen molar-refractivity contribution in [1.29, 1.82) is 0 Å². The largest absolute Gasteiger partial charge is 0.496 e. The minimum Gasteiger partial charge on any atom is -0.496 e. The second-order valence-corrected chi connectivity index (χ2v) is 6.59. The maximum atomic E-state index is 13.9. The van der Waals surface area contributed by atoms with E-state index in [1.165, 1.54) is 4.90 Å². The molecule has 1 aliphatic rings. The van der Waals surface area contributed by atoms with Gasteiger partial charge in [0, 0.05) is 13.1 Å². The Kier molecular flexibility index (Phi) is 5.76. The topological polar surface area (TPSA) is 41.6 Å². The molecule has 0 atom stereocenters. The van der Waals surface area contributed by atoms with Crippen molar-refractivity contribution < 1.29 is 27.1 Å². The average Bonchev–Trinajstić information content (AvgIpc) is 2.68. The van der Waals surface area contributed by atoms with Crippen molar-refractivity contribution in [2.75, 3.05) is 25.5 Å². The Morgan fingerprint density at radius 1 is 1.11 bits per heavy atom. The van der Waals surface area contributed by atoms with Crippen LogP contribution in [0.25, 0.3) is 0 Å². The maximum Gasteiger partial charge on any atom is 0.418 e. The Balaban J connectivity index is 1.69. The van der Waals surface area contributed by atoms with Crippen molar-refractivity contribution in [1.82, 2.24) is 4.90 Å². The molecule has 0 saturated carbocycles. The van der Waals surface area contributed by atoms with Crippen molar-refractivity contribution in [3.05, 3.63) is 59.4 Å². The van der Waals surface area contributed by atoms with Gasteiger partial charge in [0.05, 0.1) is 18.4 Å². The summed E-state index contributed by atoms with van der Waals surface area (Å²) in [5.74, 6) is -0.168. The molecule has 0 aromatic heterocycles. The van der Waals surface area contributed by atoms with Crippen molar-refractivity contribution in [2.45, 2.75) is 24.9 Å². The maximum absolute atomic E-state index is 13.9. The molecule has 1 saturated heterocycles. The minimum atomic E-state index is -4.76. The quantitative estimate of drug-likeness (QED) is 0.719. The second kappa shape index (κ2) is 8.08. The van der Waals surface area contributed by atoms with Gasteiger partial charge in [0.25, 0.3) is 0 Å². The van der Waals surface area contributed by atoms with Crippen LogP contribution in [0, 0.1) is 5.82 Å². The van der Waals surface area contributed by atoms with Crippen LogP contribution in [0.5, 0.6) is 5.75 Å². The number of carbonyl (C=O) groups excluding carboxylic acids is 1. The van der Waals surface area contributed by atoms with E-state index in [-0.39, 0.29) is 5.92 Å². The molecule has 0 aliphatic carbocycles. The predicted molar refractivity (Wildman–Crippen MR) is 97.0 cm³/mol. The van der Waals surface area contributed by atoms with Crippen molar-refractivity contribution in [2.24, 2.45) is 0 Å². The number of benzene rings is 2. The minimum absolute atomic E-state index is 0.180. The van der Waals surface area contributed by atoms with E-state index in [9.17, 15) is 22.4 Å². The molecule has 4 nitrogen and oxygen atoms in total. The number of urea groups is 1. The third kappa shape index (κ3) is 4.21. The summed E-state index contributed by atoms with van der Waals surface area (Å²) in [6, 6.07) is 9.47. The first-order valence-electron chi connectivity index (χ1n) is 8.86. The number of anilines is 1. The molecule has 150 valence electrons. The van der Waals surface area contributed by atoms with E-state index in [2.05, 4.69) is 5.32 Å². The number of para-hydroxylation sites is 2. The van der Waals surface area contributed by atoms with Gasteiger partial charge in [-0.3, -0.25) is 0 Å². The monoisotopic (exact) mass is 396 g/mol. The number of halogens is 4. The predicted octanol–water partition coefficient (Wildman–Crippen LogP) is 5.26. The lowest BCUT2D eigenvalue weighted by atomic mass is 9.89. The fourth-order valence-corrected chi connectivity index (χ4v) is 3.47. The molecule has 1 N–H and O–H groups in total. The summed E-state index contributed by atoms with van der Waals surface area (Å²) in [4.78, 5) is 13.8. The molecule has 1 aliphatic heterocycles. The first kappa shape index (κ1) is 20.0. The van der Waals surface area contributed by atoms with E-state index in [0.29, 0.717) is 25.9 Å². The van der Waals surface area contributed by atoms with Crippen LogP contribution in [0.2, 0.25) is 0 Å². The highest BCUT2D eigenvalue weighted by atomic mass is 19.4. The van der Waals surface area contributed by atoms with Crippen LogP contribution in [-0.2, 0) is 6.18 Å². The first-order chi connectivity index (χ1) is 13.3. The molecule has 1 heterocycles. The number of amides is 2. The number of carbonyl (C=O) groups is 1. The fourth-order valence-electron chi connectivity index (χ4n) is 3.47. The molecule has 0 radical (unpaired) electrons. The van der Waals surface area contributed by atoms with E-state index in [0.717, 1.165) is 29.5 Å². The van der Waals surface area contributed by atoms with Crippen molar-refractivity contribution in [3.8, 4) is 5.75 Å². The first-order valence-corrected chi connectivity index (χ1v) is 8.86. The summed E-state index contributed by atoms with van der Waals surface area (Å²) < 4.78 is 58.6.